The fourth-order valence-corrected chi connectivity index (χ4v) is 4.74. The lowest BCUT2D eigenvalue weighted by Crippen LogP contribution is -2.39. The van der Waals surface area contributed by atoms with Crippen LogP contribution in [0.5, 0.6) is 5.75 Å². The summed E-state index contributed by atoms with van der Waals surface area (Å²) in [6.45, 7) is 3.86. The standard InChI is InChI=1S/C26H29N3O.2ClH/c27-22-13-11-20(12-14-22)15-17-28-16-5-7-23(28)18-29-24-8-2-1-6-21(24)19-30-26-10-4-3-9-25(26)29;;/h1-4,6,8-14,23H,5,7,15-19,27H2;2*1H/t23-;;/m1../s1. The van der Waals surface area contributed by atoms with Crippen LogP contribution in [0.2, 0.25) is 0 Å². The molecule has 6 heteroatoms. The second kappa shape index (κ2) is 11.0. The van der Waals surface area contributed by atoms with Crippen LogP contribution >= 0.6 is 24.8 Å². The van der Waals surface area contributed by atoms with E-state index in [0.29, 0.717) is 12.6 Å². The van der Waals surface area contributed by atoms with E-state index in [-0.39, 0.29) is 24.8 Å². The van der Waals surface area contributed by atoms with Crippen molar-refractivity contribution in [2.24, 2.45) is 0 Å². The SMILES string of the molecule is Cl.Cl.Nc1ccc(CCN2CCC[C@@H]2CN2c3ccccc3COc3ccccc32)cc1. The van der Waals surface area contributed by atoms with E-state index in [0.717, 1.165) is 30.9 Å². The first-order valence-electron chi connectivity index (χ1n) is 10.9. The third-order valence-corrected chi connectivity index (χ3v) is 6.38. The highest BCUT2D eigenvalue weighted by Gasteiger charge is 2.29. The van der Waals surface area contributed by atoms with Crippen LogP contribution in [-0.2, 0) is 13.0 Å². The Kier molecular flexibility index (Phi) is 8.30. The molecular weight excluding hydrogens is 441 g/mol. The molecule has 4 nitrogen and oxygen atoms in total. The maximum absolute atomic E-state index is 6.15. The number of anilines is 3. The van der Waals surface area contributed by atoms with Crippen molar-refractivity contribution in [3.05, 3.63) is 83.9 Å². The lowest BCUT2D eigenvalue weighted by Gasteiger charge is -2.32. The van der Waals surface area contributed by atoms with E-state index in [2.05, 4.69) is 70.5 Å². The summed E-state index contributed by atoms with van der Waals surface area (Å²) in [6, 6.07) is 25.9. The molecule has 2 aliphatic heterocycles. The van der Waals surface area contributed by atoms with Crippen molar-refractivity contribution < 1.29 is 4.74 Å². The number of hydrogen-bond acceptors (Lipinski definition) is 4. The second-order valence-corrected chi connectivity index (χ2v) is 8.32. The van der Waals surface area contributed by atoms with Gasteiger partial charge in [0.1, 0.15) is 12.4 Å². The van der Waals surface area contributed by atoms with Crippen molar-refractivity contribution in [3.63, 3.8) is 0 Å². The Labute approximate surface area is 203 Å². The van der Waals surface area contributed by atoms with Gasteiger partial charge in [-0.25, -0.2) is 0 Å². The van der Waals surface area contributed by atoms with E-state index in [9.17, 15) is 0 Å². The normalized spacial score (nSPS) is 17.2. The number of nitrogen functional groups attached to an aromatic ring is 1. The molecule has 5 rings (SSSR count). The van der Waals surface area contributed by atoms with Gasteiger partial charge >= 0.3 is 0 Å². The van der Waals surface area contributed by atoms with Gasteiger partial charge in [0.2, 0.25) is 0 Å². The molecule has 3 aromatic carbocycles. The Bertz CT molecular complexity index is 964. The second-order valence-electron chi connectivity index (χ2n) is 8.32. The van der Waals surface area contributed by atoms with E-state index < -0.39 is 0 Å². The highest BCUT2D eigenvalue weighted by atomic mass is 35.5. The third-order valence-electron chi connectivity index (χ3n) is 6.38. The van der Waals surface area contributed by atoms with Crippen LogP contribution in [0.1, 0.15) is 24.0 Å². The van der Waals surface area contributed by atoms with Crippen molar-refractivity contribution >= 4 is 41.9 Å². The maximum Gasteiger partial charge on any atom is 0.143 e. The summed E-state index contributed by atoms with van der Waals surface area (Å²) in [5, 5.41) is 0. The fraction of sp³-hybridized carbons (Fsp3) is 0.308. The molecule has 0 radical (unpaired) electrons. The summed E-state index contributed by atoms with van der Waals surface area (Å²) in [4.78, 5) is 5.14. The zero-order chi connectivity index (χ0) is 20.3. The number of nitrogens with zero attached hydrogens (tertiary/aromatic N) is 2. The van der Waals surface area contributed by atoms with Crippen LogP contribution in [0.15, 0.2) is 72.8 Å². The molecule has 0 amide bonds. The molecular formula is C26H31Cl2N3O. The van der Waals surface area contributed by atoms with Gasteiger partial charge in [0.25, 0.3) is 0 Å². The molecule has 1 saturated heterocycles. The lowest BCUT2D eigenvalue weighted by molar-refractivity contribution is 0.261. The molecule has 0 bridgehead atoms. The zero-order valence-electron chi connectivity index (χ0n) is 18.2. The molecule has 1 fully saturated rings. The Morgan fingerprint density at radius 2 is 1.59 bits per heavy atom. The maximum atomic E-state index is 6.15. The smallest absolute Gasteiger partial charge is 0.143 e. The molecule has 0 unspecified atom stereocenters. The minimum Gasteiger partial charge on any atom is -0.487 e. The number of ether oxygens (including phenoxy) is 1. The predicted molar refractivity (Wildman–Crippen MR) is 138 cm³/mol. The zero-order valence-corrected chi connectivity index (χ0v) is 19.8. The van der Waals surface area contributed by atoms with Crippen LogP contribution in [-0.4, -0.2) is 30.6 Å². The number of fused-ring (bicyclic) bond motifs is 2. The first-order chi connectivity index (χ1) is 14.8. The number of rotatable bonds is 5. The molecule has 2 N–H and O–H groups in total. The Morgan fingerprint density at radius 3 is 2.41 bits per heavy atom. The summed E-state index contributed by atoms with van der Waals surface area (Å²) in [5.41, 5.74) is 11.7. The van der Waals surface area contributed by atoms with E-state index >= 15 is 0 Å². The molecule has 32 heavy (non-hydrogen) atoms. The topological polar surface area (TPSA) is 41.7 Å². The Morgan fingerprint density at radius 1 is 0.875 bits per heavy atom. The average Bonchev–Trinajstić information content (AvgIpc) is 3.16. The largest absolute Gasteiger partial charge is 0.487 e. The lowest BCUT2D eigenvalue weighted by atomic mass is 10.1. The monoisotopic (exact) mass is 471 g/mol. The molecule has 170 valence electrons. The molecule has 3 aromatic rings. The van der Waals surface area contributed by atoms with E-state index in [1.165, 1.54) is 41.9 Å². The number of para-hydroxylation sites is 3. The van der Waals surface area contributed by atoms with Crippen LogP contribution < -0.4 is 15.4 Å². The van der Waals surface area contributed by atoms with Crippen LogP contribution in [0.4, 0.5) is 17.1 Å². The van der Waals surface area contributed by atoms with Crippen LogP contribution in [0.25, 0.3) is 0 Å². The summed E-state index contributed by atoms with van der Waals surface area (Å²) in [5.74, 6) is 0.972. The number of nitrogens with two attached hydrogens (primary N) is 1. The minimum atomic E-state index is 0. The molecule has 1 atom stereocenters. The van der Waals surface area contributed by atoms with E-state index in [4.69, 9.17) is 10.5 Å². The number of hydrogen-bond donors (Lipinski definition) is 1. The van der Waals surface area contributed by atoms with Crippen molar-refractivity contribution in [1.82, 2.24) is 4.90 Å². The third kappa shape index (κ3) is 5.15. The van der Waals surface area contributed by atoms with Gasteiger partial charge in [-0.05, 0) is 61.7 Å². The van der Waals surface area contributed by atoms with Gasteiger partial charge in [-0.15, -0.1) is 24.8 Å². The highest BCUT2D eigenvalue weighted by Crippen LogP contribution is 2.40. The summed E-state index contributed by atoms with van der Waals surface area (Å²) < 4.78 is 6.15. The van der Waals surface area contributed by atoms with Gasteiger partial charge in [0, 0.05) is 36.1 Å². The molecule has 0 aliphatic carbocycles. The molecule has 2 aliphatic rings. The Balaban J connectivity index is 0.00000144. The van der Waals surface area contributed by atoms with Gasteiger partial charge in [-0.1, -0.05) is 42.5 Å². The molecule has 0 saturated carbocycles. The quantitative estimate of drug-likeness (QED) is 0.473. The van der Waals surface area contributed by atoms with Gasteiger partial charge in [-0.3, -0.25) is 4.90 Å². The van der Waals surface area contributed by atoms with Gasteiger partial charge in [0.05, 0.1) is 5.69 Å². The van der Waals surface area contributed by atoms with E-state index in [1.54, 1.807) is 0 Å². The van der Waals surface area contributed by atoms with Crippen molar-refractivity contribution in [2.75, 3.05) is 30.3 Å². The predicted octanol–water partition coefficient (Wildman–Crippen LogP) is 5.85. The summed E-state index contributed by atoms with van der Waals surface area (Å²) in [6.07, 6.45) is 3.57. The average molecular weight is 472 g/mol. The molecule has 2 heterocycles. The first kappa shape index (κ1) is 24.2. The first-order valence-corrected chi connectivity index (χ1v) is 10.9. The minimum absolute atomic E-state index is 0. The van der Waals surface area contributed by atoms with Crippen molar-refractivity contribution in [3.8, 4) is 5.75 Å². The Hall–Kier alpha value is -2.40. The number of likely N-dealkylation sites (tertiary alicyclic amines) is 1. The van der Waals surface area contributed by atoms with Gasteiger partial charge in [-0.2, -0.15) is 0 Å². The molecule has 0 spiro atoms. The van der Waals surface area contributed by atoms with Crippen LogP contribution in [0.3, 0.4) is 0 Å². The summed E-state index contributed by atoms with van der Waals surface area (Å²) in [7, 11) is 0. The summed E-state index contributed by atoms with van der Waals surface area (Å²) >= 11 is 0. The fourth-order valence-electron chi connectivity index (χ4n) is 4.74. The van der Waals surface area contributed by atoms with E-state index in [1.807, 2.05) is 12.1 Å². The highest BCUT2D eigenvalue weighted by molar-refractivity contribution is 5.85. The van der Waals surface area contributed by atoms with Gasteiger partial charge in [0.15, 0.2) is 0 Å². The van der Waals surface area contributed by atoms with Gasteiger partial charge < -0.3 is 15.4 Å². The van der Waals surface area contributed by atoms with Crippen molar-refractivity contribution in [1.29, 1.82) is 0 Å². The molecule has 0 aromatic heterocycles. The van der Waals surface area contributed by atoms with Crippen molar-refractivity contribution in [2.45, 2.75) is 31.9 Å². The number of benzene rings is 3. The van der Waals surface area contributed by atoms with Crippen LogP contribution in [0, 0.1) is 0 Å². The number of halogens is 2.